The zero-order valence-electron chi connectivity index (χ0n) is 15.5. The molecule has 1 N–H and O–H groups in total. The molecule has 0 saturated carbocycles. The van der Waals surface area contributed by atoms with Gasteiger partial charge in [0.25, 0.3) is 15.6 Å². The number of hydrogen-bond acceptors (Lipinski definition) is 7. The van der Waals surface area contributed by atoms with Crippen LogP contribution < -0.4 is 5.56 Å². The van der Waals surface area contributed by atoms with Gasteiger partial charge in [-0.3, -0.25) is 9.69 Å². The first kappa shape index (κ1) is 19.7. The first-order chi connectivity index (χ1) is 13.9. The summed E-state index contributed by atoms with van der Waals surface area (Å²) in [6, 6.07) is 3.16. The second-order valence-electron chi connectivity index (χ2n) is 7.29. The number of sulfonamides is 1. The number of rotatable bonds is 4. The van der Waals surface area contributed by atoms with Gasteiger partial charge in [0, 0.05) is 31.1 Å². The van der Waals surface area contributed by atoms with Gasteiger partial charge in [-0.2, -0.15) is 4.31 Å². The van der Waals surface area contributed by atoms with E-state index in [1.807, 2.05) is 0 Å². The third-order valence-corrected chi connectivity index (χ3v) is 10.3. The Morgan fingerprint density at radius 1 is 1.14 bits per heavy atom. The summed E-state index contributed by atoms with van der Waals surface area (Å²) >= 11 is 8.60. The highest BCUT2D eigenvalue weighted by Crippen LogP contribution is 2.34. The Labute approximate surface area is 181 Å². The van der Waals surface area contributed by atoms with Crippen LogP contribution in [0.5, 0.6) is 0 Å². The van der Waals surface area contributed by atoms with Crippen molar-refractivity contribution < 1.29 is 8.42 Å². The zero-order chi connectivity index (χ0) is 20.2. The molecule has 11 heteroatoms. The highest BCUT2D eigenvalue weighted by atomic mass is 35.5. The highest BCUT2D eigenvalue weighted by molar-refractivity contribution is 7.91. The first-order valence-electron chi connectivity index (χ1n) is 9.43. The van der Waals surface area contributed by atoms with Crippen LogP contribution in [-0.2, 0) is 29.4 Å². The topological polar surface area (TPSA) is 86.4 Å². The van der Waals surface area contributed by atoms with Gasteiger partial charge < -0.3 is 4.98 Å². The number of aryl methyl sites for hydroxylation is 2. The molecular formula is C18H19ClN4O3S3. The quantitative estimate of drug-likeness (QED) is 0.633. The van der Waals surface area contributed by atoms with E-state index in [1.54, 1.807) is 23.5 Å². The molecule has 7 nitrogen and oxygen atoms in total. The molecule has 0 unspecified atom stereocenters. The molecule has 3 aromatic heterocycles. The van der Waals surface area contributed by atoms with Crippen LogP contribution in [-0.4, -0.2) is 53.8 Å². The lowest BCUT2D eigenvalue weighted by atomic mass is 10.2. The summed E-state index contributed by atoms with van der Waals surface area (Å²) in [5, 5.41) is 0.761. The fourth-order valence-electron chi connectivity index (χ4n) is 4.03. The second kappa shape index (κ2) is 7.44. The largest absolute Gasteiger partial charge is 0.309 e. The third-order valence-electron chi connectivity index (χ3n) is 5.47. The van der Waals surface area contributed by atoms with Crippen molar-refractivity contribution in [2.45, 2.75) is 30.0 Å². The summed E-state index contributed by atoms with van der Waals surface area (Å²) in [6.45, 7) is 2.48. The number of thiophene rings is 2. The van der Waals surface area contributed by atoms with E-state index in [1.165, 1.54) is 14.7 Å². The molecule has 0 bridgehead atoms. The second-order valence-corrected chi connectivity index (χ2v) is 12.3. The van der Waals surface area contributed by atoms with E-state index < -0.39 is 10.0 Å². The van der Waals surface area contributed by atoms with Gasteiger partial charge in [-0.15, -0.1) is 22.7 Å². The van der Waals surface area contributed by atoms with Crippen LogP contribution in [0.1, 0.15) is 22.7 Å². The molecule has 4 heterocycles. The van der Waals surface area contributed by atoms with Gasteiger partial charge in [0.05, 0.1) is 16.3 Å². The lowest BCUT2D eigenvalue weighted by molar-refractivity contribution is 0.178. The van der Waals surface area contributed by atoms with Gasteiger partial charge in [-0.1, -0.05) is 11.6 Å². The molecular weight excluding hydrogens is 452 g/mol. The lowest BCUT2D eigenvalue weighted by Crippen LogP contribution is -2.48. The van der Waals surface area contributed by atoms with Crippen LogP contribution in [0.2, 0.25) is 4.34 Å². The normalized spacial score (nSPS) is 18.5. The molecule has 3 aromatic rings. The SMILES string of the molecule is O=c1[nH]c(CN2CCN(S(=O)(=O)c3ccc(Cl)s3)CC2)nc2sc3c(c12)CCC3. The van der Waals surface area contributed by atoms with Crippen molar-refractivity contribution in [3.05, 3.63) is 43.1 Å². The van der Waals surface area contributed by atoms with Gasteiger partial charge in [-0.25, -0.2) is 13.4 Å². The predicted molar refractivity (Wildman–Crippen MR) is 116 cm³/mol. The molecule has 154 valence electrons. The van der Waals surface area contributed by atoms with Crippen LogP contribution in [0, 0.1) is 0 Å². The van der Waals surface area contributed by atoms with E-state index in [4.69, 9.17) is 11.6 Å². The summed E-state index contributed by atoms with van der Waals surface area (Å²) < 4.78 is 27.7. The summed E-state index contributed by atoms with van der Waals surface area (Å²) in [5.41, 5.74) is 1.12. The van der Waals surface area contributed by atoms with Crippen molar-refractivity contribution in [3.63, 3.8) is 0 Å². The Hall–Kier alpha value is -1.30. The summed E-state index contributed by atoms with van der Waals surface area (Å²) in [5.74, 6) is 0.642. The maximum absolute atomic E-state index is 12.7. The molecule has 1 aliphatic heterocycles. The smallest absolute Gasteiger partial charge is 0.259 e. The van der Waals surface area contributed by atoms with Crippen LogP contribution >= 0.6 is 34.3 Å². The van der Waals surface area contributed by atoms with Crippen molar-refractivity contribution in [1.29, 1.82) is 0 Å². The number of nitrogens with zero attached hydrogens (tertiary/aromatic N) is 3. The number of fused-ring (bicyclic) bond motifs is 3. The number of H-pyrrole nitrogens is 1. The van der Waals surface area contributed by atoms with Crippen molar-refractivity contribution in [2.75, 3.05) is 26.2 Å². The summed E-state index contributed by atoms with van der Waals surface area (Å²) in [7, 11) is -3.50. The highest BCUT2D eigenvalue weighted by Gasteiger charge is 2.30. The lowest BCUT2D eigenvalue weighted by Gasteiger charge is -2.33. The number of aromatic nitrogens is 2. The molecule has 29 heavy (non-hydrogen) atoms. The van der Waals surface area contributed by atoms with Crippen LogP contribution in [0.3, 0.4) is 0 Å². The average Bonchev–Trinajstić information content (AvgIpc) is 3.38. The molecule has 0 aromatic carbocycles. The van der Waals surface area contributed by atoms with Crippen LogP contribution in [0.4, 0.5) is 0 Å². The van der Waals surface area contributed by atoms with Gasteiger partial charge in [0.1, 0.15) is 14.9 Å². The fourth-order valence-corrected chi connectivity index (χ4v) is 8.37. The Morgan fingerprint density at radius 3 is 2.66 bits per heavy atom. The standard InChI is InChI=1S/C18H19ClN4O3S3/c19-13-4-5-15(28-13)29(25,26)23-8-6-22(7-9-23)10-14-20-17(24)16-11-2-1-3-12(11)27-18(16)21-14/h4-5H,1-3,6-10H2,(H,20,21,24). The van der Waals surface area contributed by atoms with E-state index >= 15 is 0 Å². The number of hydrogen-bond donors (Lipinski definition) is 1. The van der Waals surface area contributed by atoms with Crippen LogP contribution in [0.15, 0.2) is 21.1 Å². The van der Waals surface area contributed by atoms with E-state index in [2.05, 4.69) is 14.9 Å². The maximum Gasteiger partial charge on any atom is 0.259 e. The van der Waals surface area contributed by atoms with E-state index in [0.717, 1.165) is 40.8 Å². The number of halogens is 1. The molecule has 0 radical (unpaired) electrons. The molecule has 0 spiro atoms. The van der Waals surface area contributed by atoms with Crippen molar-refractivity contribution >= 4 is 54.5 Å². The predicted octanol–water partition coefficient (Wildman–Crippen LogP) is 2.69. The number of piperazine rings is 1. The molecule has 1 saturated heterocycles. The van der Waals surface area contributed by atoms with Gasteiger partial charge >= 0.3 is 0 Å². The summed E-state index contributed by atoms with van der Waals surface area (Å²) in [6.07, 6.45) is 3.12. The molecule has 0 atom stereocenters. The van der Waals surface area contributed by atoms with Gasteiger partial charge in [-0.05, 0) is 37.0 Å². The van der Waals surface area contributed by atoms with E-state index in [9.17, 15) is 13.2 Å². The average molecular weight is 471 g/mol. The van der Waals surface area contributed by atoms with Crippen molar-refractivity contribution in [3.8, 4) is 0 Å². The van der Waals surface area contributed by atoms with Crippen LogP contribution in [0.25, 0.3) is 10.2 Å². The summed E-state index contributed by atoms with van der Waals surface area (Å²) in [4.78, 5) is 24.5. The van der Waals surface area contributed by atoms with Gasteiger partial charge in [0.15, 0.2) is 0 Å². The Morgan fingerprint density at radius 2 is 1.93 bits per heavy atom. The van der Waals surface area contributed by atoms with Crippen molar-refractivity contribution in [2.24, 2.45) is 0 Å². The Balaban J connectivity index is 1.29. The fraction of sp³-hybridized carbons (Fsp3) is 0.444. The number of aromatic amines is 1. The molecule has 1 aliphatic carbocycles. The molecule has 1 fully saturated rings. The first-order valence-corrected chi connectivity index (χ1v) is 12.9. The van der Waals surface area contributed by atoms with Crippen molar-refractivity contribution in [1.82, 2.24) is 19.2 Å². The minimum atomic E-state index is -3.50. The monoisotopic (exact) mass is 470 g/mol. The molecule has 5 rings (SSSR count). The van der Waals surface area contributed by atoms with E-state index in [0.29, 0.717) is 42.9 Å². The molecule has 0 amide bonds. The van der Waals surface area contributed by atoms with Gasteiger partial charge in [0.2, 0.25) is 0 Å². The Bertz CT molecular complexity index is 1240. The number of nitrogens with one attached hydrogen (secondary N) is 1. The minimum Gasteiger partial charge on any atom is -0.309 e. The zero-order valence-corrected chi connectivity index (χ0v) is 18.7. The third kappa shape index (κ3) is 3.55. The molecule has 2 aliphatic rings. The maximum atomic E-state index is 12.7. The Kier molecular flexibility index (Phi) is 5.04. The minimum absolute atomic E-state index is 0.0554. The van der Waals surface area contributed by atoms with E-state index in [-0.39, 0.29) is 9.77 Å².